The number of rotatable bonds is 4. The van der Waals surface area contributed by atoms with Gasteiger partial charge in [0.15, 0.2) is 0 Å². The first kappa shape index (κ1) is 11.9. The molecular formula is C14H25NO2. The van der Waals surface area contributed by atoms with Gasteiger partial charge in [0, 0.05) is 12.6 Å². The molecule has 0 aromatic rings. The van der Waals surface area contributed by atoms with Crippen LogP contribution < -0.4 is 0 Å². The third-order valence-electron chi connectivity index (χ3n) is 5.05. The molecule has 1 unspecified atom stereocenters. The van der Waals surface area contributed by atoms with E-state index in [4.69, 9.17) is 4.74 Å². The second kappa shape index (κ2) is 4.87. The van der Waals surface area contributed by atoms with Crippen molar-refractivity contribution >= 4 is 0 Å². The summed E-state index contributed by atoms with van der Waals surface area (Å²) < 4.78 is 5.31. The van der Waals surface area contributed by atoms with Crippen molar-refractivity contribution in [1.29, 1.82) is 0 Å². The molecule has 1 saturated carbocycles. The van der Waals surface area contributed by atoms with Crippen LogP contribution in [0, 0.1) is 11.3 Å². The standard InChI is InChI=1S/C14H25NO2/c16-9-14(10-17-11-14)8-15-7-3-6-13(15)12-4-1-2-5-12/h12-13,16H,1-11H2. The van der Waals surface area contributed by atoms with Crippen LogP contribution in [-0.4, -0.2) is 49.0 Å². The molecule has 2 saturated heterocycles. The molecule has 0 aromatic carbocycles. The van der Waals surface area contributed by atoms with Crippen molar-refractivity contribution in [3.8, 4) is 0 Å². The minimum Gasteiger partial charge on any atom is -0.396 e. The quantitative estimate of drug-likeness (QED) is 0.809. The number of nitrogens with zero attached hydrogens (tertiary/aromatic N) is 1. The fourth-order valence-electron chi connectivity index (χ4n) is 3.98. The van der Waals surface area contributed by atoms with Crippen molar-refractivity contribution in [3.63, 3.8) is 0 Å². The summed E-state index contributed by atoms with van der Waals surface area (Å²) in [6.07, 6.45) is 8.47. The molecule has 1 aliphatic carbocycles. The van der Waals surface area contributed by atoms with Crippen molar-refractivity contribution < 1.29 is 9.84 Å². The van der Waals surface area contributed by atoms with E-state index in [1.807, 2.05) is 0 Å². The molecule has 0 bridgehead atoms. The fraction of sp³-hybridized carbons (Fsp3) is 1.00. The number of ether oxygens (including phenoxy) is 1. The lowest BCUT2D eigenvalue weighted by Crippen LogP contribution is -2.54. The van der Waals surface area contributed by atoms with Gasteiger partial charge in [-0.15, -0.1) is 0 Å². The van der Waals surface area contributed by atoms with Crippen LogP contribution in [0.15, 0.2) is 0 Å². The van der Waals surface area contributed by atoms with E-state index in [2.05, 4.69) is 4.90 Å². The molecular weight excluding hydrogens is 214 g/mol. The average Bonchev–Trinajstić information content (AvgIpc) is 2.93. The SMILES string of the molecule is OCC1(CN2CCCC2C2CCCC2)COC1. The molecule has 0 radical (unpaired) electrons. The van der Waals surface area contributed by atoms with Crippen molar-refractivity contribution in [2.75, 3.05) is 32.9 Å². The van der Waals surface area contributed by atoms with Gasteiger partial charge in [-0.05, 0) is 38.1 Å². The molecule has 3 heteroatoms. The van der Waals surface area contributed by atoms with E-state index in [1.165, 1.54) is 45.1 Å². The first-order valence-electron chi connectivity index (χ1n) is 7.26. The minimum atomic E-state index is 0.0706. The summed E-state index contributed by atoms with van der Waals surface area (Å²) in [5.74, 6) is 0.939. The van der Waals surface area contributed by atoms with E-state index in [9.17, 15) is 5.11 Å². The maximum absolute atomic E-state index is 9.54. The predicted octanol–water partition coefficient (Wildman–Crippen LogP) is 1.65. The normalized spacial score (nSPS) is 34.1. The number of hydrogen-bond donors (Lipinski definition) is 1. The Morgan fingerprint density at radius 2 is 1.88 bits per heavy atom. The molecule has 0 aromatic heterocycles. The maximum atomic E-state index is 9.54. The summed E-state index contributed by atoms with van der Waals surface area (Å²) in [5.41, 5.74) is 0.0706. The molecule has 2 aliphatic heterocycles. The minimum absolute atomic E-state index is 0.0706. The van der Waals surface area contributed by atoms with Gasteiger partial charge >= 0.3 is 0 Å². The summed E-state index contributed by atoms with van der Waals surface area (Å²) in [5, 5.41) is 9.54. The second-order valence-corrected chi connectivity index (χ2v) is 6.38. The van der Waals surface area contributed by atoms with Crippen molar-refractivity contribution in [1.82, 2.24) is 4.90 Å². The van der Waals surface area contributed by atoms with E-state index in [1.54, 1.807) is 0 Å². The monoisotopic (exact) mass is 239 g/mol. The fourth-order valence-corrected chi connectivity index (χ4v) is 3.98. The van der Waals surface area contributed by atoms with Gasteiger partial charge in [-0.2, -0.15) is 0 Å². The van der Waals surface area contributed by atoms with Crippen LogP contribution >= 0.6 is 0 Å². The highest BCUT2D eigenvalue weighted by atomic mass is 16.5. The Hall–Kier alpha value is -0.120. The lowest BCUT2D eigenvalue weighted by molar-refractivity contribution is -0.150. The Morgan fingerprint density at radius 3 is 2.47 bits per heavy atom. The Kier molecular flexibility index (Phi) is 3.42. The van der Waals surface area contributed by atoms with E-state index in [-0.39, 0.29) is 5.41 Å². The Labute approximate surface area is 104 Å². The third kappa shape index (κ3) is 2.25. The molecule has 1 N–H and O–H groups in total. The van der Waals surface area contributed by atoms with Crippen molar-refractivity contribution in [2.45, 2.75) is 44.6 Å². The van der Waals surface area contributed by atoms with Crippen LogP contribution in [0.5, 0.6) is 0 Å². The zero-order valence-electron chi connectivity index (χ0n) is 10.7. The Bertz CT molecular complexity index is 253. The van der Waals surface area contributed by atoms with Gasteiger partial charge in [-0.1, -0.05) is 12.8 Å². The number of likely N-dealkylation sites (tertiary alicyclic amines) is 1. The molecule has 0 spiro atoms. The molecule has 3 aliphatic rings. The molecule has 3 rings (SSSR count). The summed E-state index contributed by atoms with van der Waals surface area (Å²) in [4.78, 5) is 2.66. The highest BCUT2D eigenvalue weighted by Gasteiger charge is 2.43. The molecule has 17 heavy (non-hydrogen) atoms. The van der Waals surface area contributed by atoms with Gasteiger partial charge in [-0.3, -0.25) is 4.90 Å². The van der Waals surface area contributed by atoms with Gasteiger partial charge in [0.1, 0.15) is 0 Å². The smallest absolute Gasteiger partial charge is 0.0579 e. The average molecular weight is 239 g/mol. The van der Waals surface area contributed by atoms with Crippen molar-refractivity contribution in [2.24, 2.45) is 11.3 Å². The van der Waals surface area contributed by atoms with E-state index < -0.39 is 0 Å². The van der Waals surface area contributed by atoms with Gasteiger partial charge in [-0.25, -0.2) is 0 Å². The van der Waals surface area contributed by atoms with E-state index >= 15 is 0 Å². The van der Waals surface area contributed by atoms with E-state index in [0.29, 0.717) is 6.61 Å². The molecule has 3 fully saturated rings. The largest absolute Gasteiger partial charge is 0.396 e. The topological polar surface area (TPSA) is 32.7 Å². The summed E-state index contributed by atoms with van der Waals surface area (Å²) in [6, 6.07) is 0.807. The molecule has 1 atom stereocenters. The van der Waals surface area contributed by atoms with Crippen LogP contribution in [0.3, 0.4) is 0 Å². The molecule has 2 heterocycles. The first-order chi connectivity index (χ1) is 8.33. The van der Waals surface area contributed by atoms with Crippen molar-refractivity contribution in [3.05, 3.63) is 0 Å². The number of aliphatic hydroxyl groups is 1. The third-order valence-corrected chi connectivity index (χ3v) is 5.05. The highest BCUT2D eigenvalue weighted by Crippen LogP contribution is 2.38. The van der Waals surface area contributed by atoms with Crippen LogP contribution in [0.4, 0.5) is 0 Å². The van der Waals surface area contributed by atoms with Gasteiger partial charge in [0.05, 0.1) is 25.2 Å². The number of aliphatic hydroxyl groups excluding tert-OH is 1. The predicted molar refractivity (Wildman–Crippen MR) is 66.9 cm³/mol. The summed E-state index contributed by atoms with van der Waals surface area (Å²) in [7, 11) is 0. The van der Waals surface area contributed by atoms with Crippen LogP contribution in [0.2, 0.25) is 0 Å². The lowest BCUT2D eigenvalue weighted by Gasteiger charge is -2.44. The molecule has 3 nitrogen and oxygen atoms in total. The van der Waals surface area contributed by atoms with Gasteiger partial charge in [0.25, 0.3) is 0 Å². The first-order valence-corrected chi connectivity index (χ1v) is 7.26. The Balaban J connectivity index is 1.61. The van der Waals surface area contributed by atoms with Crippen LogP contribution in [0.25, 0.3) is 0 Å². The van der Waals surface area contributed by atoms with Crippen LogP contribution in [-0.2, 0) is 4.74 Å². The zero-order valence-corrected chi connectivity index (χ0v) is 10.7. The maximum Gasteiger partial charge on any atom is 0.0579 e. The zero-order chi connectivity index (χ0) is 11.7. The summed E-state index contributed by atoms with van der Waals surface area (Å²) in [6.45, 7) is 4.11. The molecule has 0 amide bonds. The van der Waals surface area contributed by atoms with E-state index in [0.717, 1.165) is 31.7 Å². The lowest BCUT2D eigenvalue weighted by atomic mass is 9.85. The summed E-state index contributed by atoms with van der Waals surface area (Å²) >= 11 is 0. The van der Waals surface area contributed by atoms with Crippen LogP contribution in [0.1, 0.15) is 38.5 Å². The van der Waals surface area contributed by atoms with Gasteiger partial charge < -0.3 is 9.84 Å². The molecule has 98 valence electrons. The number of hydrogen-bond acceptors (Lipinski definition) is 3. The second-order valence-electron chi connectivity index (χ2n) is 6.38. The Morgan fingerprint density at radius 1 is 1.12 bits per heavy atom. The van der Waals surface area contributed by atoms with Gasteiger partial charge in [0.2, 0.25) is 0 Å². The highest BCUT2D eigenvalue weighted by molar-refractivity contribution is 4.94.